The first-order chi connectivity index (χ1) is 18.7. The summed E-state index contributed by atoms with van der Waals surface area (Å²) in [6.07, 6.45) is 1.13. The summed E-state index contributed by atoms with van der Waals surface area (Å²) in [5, 5.41) is 5.73. The zero-order chi connectivity index (χ0) is 27.6. The monoisotopic (exact) mass is 537 g/mol. The van der Waals surface area contributed by atoms with E-state index in [1.165, 1.54) is 18.2 Å². The highest BCUT2D eigenvalue weighted by atomic mass is 19.4. The van der Waals surface area contributed by atoms with Crippen molar-refractivity contribution in [3.05, 3.63) is 71.4 Å². The average Bonchev–Trinajstić information content (AvgIpc) is 3.32. The van der Waals surface area contributed by atoms with Crippen molar-refractivity contribution in [1.29, 1.82) is 0 Å². The second-order valence-electron chi connectivity index (χ2n) is 9.41. The molecule has 0 unspecified atom stereocenters. The van der Waals surface area contributed by atoms with Gasteiger partial charge in [0.1, 0.15) is 29.1 Å². The molecule has 0 bridgehead atoms. The van der Waals surface area contributed by atoms with Crippen LogP contribution in [0, 0.1) is 0 Å². The number of rotatable bonds is 7. The normalized spacial score (nSPS) is 17.4. The number of nitrogens with two attached hydrogens (primary N) is 1. The van der Waals surface area contributed by atoms with Gasteiger partial charge in [-0.05, 0) is 85.7 Å². The molecule has 0 saturated carbocycles. The van der Waals surface area contributed by atoms with Gasteiger partial charge in [0.05, 0.1) is 5.56 Å². The molecule has 2 aromatic carbocycles. The van der Waals surface area contributed by atoms with Gasteiger partial charge in [0.2, 0.25) is 5.91 Å². The third kappa shape index (κ3) is 6.02. The molecule has 4 N–H and O–H groups in total. The molecule has 2 heterocycles. The second-order valence-corrected chi connectivity index (χ2v) is 9.41. The largest absolute Gasteiger partial charge is 0.457 e. The van der Waals surface area contributed by atoms with Gasteiger partial charge in [-0.15, -0.1) is 0 Å². The third-order valence-corrected chi connectivity index (χ3v) is 6.63. The van der Waals surface area contributed by atoms with Crippen LogP contribution in [0.5, 0.6) is 11.5 Å². The van der Waals surface area contributed by atoms with E-state index in [1.54, 1.807) is 24.3 Å². The first-order valence-corrected chi connectivity index (χ1v) is 12.6. The summed E-state index contributed by atoms with van der Waals surface area (Å²) in [4.78, 5) is 32.4. The summed E-state index contributed by atoms with van der Waals surface area (Å²) >= 11 is 0. The molecule has 1 atom stereocenters. The molecule has 1 aromatic heterocycles. The SMILES string of the molecule is NC(=O)c1cc(N[C@H]2CCNC2=O)nc(-c2ccc(Oc3ccc(C(F)(F)F)c(C4=CCCCC4)c3)cc2)n1. The van der Waals surface area contributed by atoms with Crippen LogP contribution in [-0.2, 0) is 11.0 Å². The van der Waals surface area contributed by atoms with E-state index in [0.717, 1.165) is 25.3 Å². The highest BCUT2D eigenvalue weighted by Crippen LogP contribution is 2.40. The molecule has 8 nitrogen and oxygen atoms in total. The number of nitrogens with one attached hydrogen (secondary N) is 2. The molecule has 5 rings (SSSR count). The van der Waals surface area contributed by atoms with Crippen molar-refractivity contribution >= 4 is 23.2 Å². The van der Waals surface area contributed by atoms with Crippen molar-refractivity contribution in [2.45, 2.75) is 44.3 Å². The number of carbonyl (C=O) groups excluding carboxylic acids is 2. The van der Waals surface area contributed by atoms with E-state index in [2.05, 4.69) is 20.6 Å². The van der Waals surface area contributed by atoms with Crippen LogP contribution >= 0.6 is 0 Å². The molecule has 1 saturated heterocycles. The number of amides is 2. The molecule has 1 aliphatic heterocycles. The van der Waals surface area contributed by atoms with E-state index in [1.807, 2.05) is 6.08 Å². The lowest BCUT2D eigenvalue weighted by atomic mass is 9.90. The van der Waals surface area contributed by atoms with Crippen LogP contribution < -0.4 is 21.1 Å². The Labute approximate surface area is 222 Å². The van der Waals surface area contributed by atoms with Crippen molar-refractivity contribution in [1.82, 2.24) is 15.3 Å². The topological polar surface area (TPSA) is 119 Å². The minimum atomic E-state index is -4.47. The van der Waals surface area contributed by atoms with Crippen molar-refractivity contribution in [3.8, 4) is 22.9 Å². The number of ether oxygens (including phenoxy) is 1. The molecule has 2 aliphatic rings. The minimum absolute atomic E-state index is 0.0180. The van der Waals surface area contributed by atoms with Crippen LogP contribution in [0.4, 0.5) is 19.0 Å². The lowest BCUT2D eigenvalue weighted by molar-refractivity contribution is -0.137. The second kappa shape index (κ2) is 10.8. The molecule has 202 valence electrons. The number of primary amides is 1. The number of hydrogen-bond acceptors (Lipinski definition) is 6. The summed E-state index contributed by atoms with van der Waals surface area (Å²) in [5.74, 6) is 0.261. The van der Waals surface area contributed by atoms with Crippen LogP contribution in [0.2, 0.25) is 0 Å². The van der Waals surface area contributed by atoms with Gasteiger partial charge >= 0.3 is 6.18 Å². The Morgan fingerprint density at radius 3 is 2.46 bits per heavy atom. The van der Waals surface area contributed by atoms with Gasteiger partial charge in [-0.1, -0.05) is 6.08 Å². The molecular formula is C28H26F3N5O3. The maximum absolute atomic E-state index is 13.7. The Morgan fingerprint density at radius 1 is 1.05 bits per heavy atom. The van der Waals surface area contributed by atoms with Gasteiger partial charge in [-0.25, -0.2) is 9.97 Å². The fourth-order valence-electron chi connectivity index (χ4n) is 4.68. The lowest BCUT2D eigenvalue weighted by Crippen LogP contribution is -2.30. The van der Waals surface area contributed by atoms with Gasteiger partial charge in [-0.3, -0.25) is 9.59 Å². The summed E-state index contributed by atoms with van der Waals surface area (Å²) in [6, 6.07) is 11.3. The van der Waals surface area contributed by atoms with E-state index in [9.17, 15) is 22.8 Å². The molecule has 1 fully saturated rings. The molecule has 0 spiro atoms. The van der Waals surface area contributed by atoms with Crippen LogP contribution in [0.1, 0.15) is 53.7 Å². The number of anilines is 1. The standard InChI is InChI=1S/C28H26F3N5O3/c29-28(30,31)21-11-10-19(14-20(21)16-4-2-1-3-5-16)39-18-8-6-17(7-9-18)26-35-23(25(32)37)15-24(36-26)34-22-12-13-33-27(22)38/h4,6-11,14-15,22H,1-3,5,12-13H2,(H2,32,37)(H,33,38)(H,34,35,36)/t22-/m0/s1. The summed E-state index contributed by atoms with van der Waals surface area (Å²) in [5.41, 5.74) is 6.12. The number of nitrogens with zero attached hydrogens (tertiary/aromatic N) is 2. The molecule has 1 aliphatic carbocycles. The van der Waals surface area contributed by atoms with Gasteiger partial charge in [0.15, 0.2) is 5.82 Å². The van der Waals surface area contributed by atoms with Crippen LogP contribution in [0.3, 0.4) is 0 Å². The Balaban J connectivity index is 1.39. The Bertz CT molecular complexity index is 1440. The van der Waals surface area contributed by atoms with Crippen LogP contribution in [-0.4, -0.2) is 34.4 Å². The maximum atomic E-state index is 13.7. The summed E-state index contributed by atoms with van der Waals surface area (Å²) < 4.78 is 46.9. The first-order valence-electron chi connectivity index (χ1n) is 12.6. The maximum Gasteiger partial charge on any atom is 0.417 e. The predicted molar refractivity (Wildman–Crippen MR) is 139 cm³/mol. The number of halogens is 3. The molecule has 0 radical (unpaired) electrons. The first kappa shape index (κ1) is 26.2. The number of hydrogen-bond donors (Lipinski definition) is 3. The van der Waals surface area contributed by atoms with Gasteiger partial charge in [0.25, 0.3) is 5.91 Å². The molecule has 2 amide bonds. The third-order valence-electron chi connectivity index (χ3n) is 6.63. The number of allylic oxidation sites excluding steroid dienone is 2. The van der Waals surface area contributed by atoms with E-state index in [-0.39, 0.29) is 34.6 Å². The van der Waals surface area contributed by atoms with E-state index in [0.29, 0.717) is 36.3 Å². The fraction of sp³-hybridized carbons (Fsp3) is 0.286. The van der Waals surface area contributed by atoms with Crippen molar-refractivity contribution in [3.63, 3.8) is 0 Å². The van der Waals surface area contributed by atoms with E-state index >= 15 is 0 Å². The molecular weight excluding hydrogens is 511 g/mol. The van der Waals surface area contributed by atoms with Crippen LogP contribution in [0.15, 0.2) is 54.6 Å². The zero-order valence-corrected chi connectivity index (χ0v) is 20.8. The minimum Gasteiger partial charge on any atom is -0.457 e. The number of carbonyl (C=O) groups is 2. The Hall–Kier alpha value is -4.41. The Kier molecular flexibility index (Phi) is 7.23. The number of aromatic nitrogens is 2. The van der Waals surface area contributed by atoms with Crippen molar-refractivity contribution in [2.75, 3.05) is 11.9 Å². The van der Waals surface area contributed by atoms with Crippen molar-refractivity contribution < 1.29 is 27.5 Å². The zero-order valence-electron chi connectivity index (χ0n) is 20.8. The smallest absolute Gasteiger partial charge is 0.417 e. The van der Waals surface area contributed by atoms with Gasteiger partial charge in [-0.2, -0.15) is 13.2 Å². The summed E-state index contributed by atoms with van der Waals surface area (Å²) in [6.45, 7) is 0.538. The van der Waals surface area contributed by atoms with Gasteiger partial charge < -0.3 is 21.1 Å². The highest BCUT2D eigenvalue weighted by Gasteiger charge is 2.34. The van der Waals surface area contributed by atoms with E-state index in [4.69, 9.17) is 10.5 Å². The van der Waals surface area contributed by atoms with Crippen molar-refractivity contribution in [2.24, 2.45) is 5.73 Å². The Morgan fingerprint density at radius 2 is 1.82 bits per heavy atom. The number of alkyl halides is 3. The number of benzene rings is 2. The predicted octanol–water partition coefficient (Wildman–Crippen LogP) is 5.31. The molecule has 3 aromatic rings. The lowest BCUT2D eigenvalue weighted by Gasteiger charge is -2.19. The highest BCUT2D eigenvalue weighted by molar-refractivity contribution is 5.92. The fourth-order valence-corrected chi connectivity index (χ4v) is 4.68. The molecule has 39 heavy (non-hydrogen) atoms. The van der Waals surface area contributed by atoms with Gasteiger partial charge in [0, 0.05) is 18.2 Å². The van der Waals surface area contributed by atoms with Crippen LogP contribution in [0.25, 0.3) is 17.0 Å². The molecule has 11 heteroatoms. The summed E-state index contributed by atoms with van der Waals surface area (Å²) in [7, 11) is 0. The average molecular weight is 538 g/mol. The quantitative estimate of drug-likeness (QED) is 0.376. The van der Waals surface area contributed by atoms with E-state index < -0.39 is 23.7 Å².